The van der Waals surface area contributed by atoms with Crippen LogP contribution in [0.3, 0.4) is 0 Å². The summed E-state index contributed by atoms with van der Waals surface area (Å²) < 4.78 is 0. The lowest BCUT2D eigenvalue weighted by atomic mass is 10.1. The molecule has 1 atom stereocenters. The SMILES string of the molecule is CNC(Cc1nccs1)c1cc(C)c(C)s1. The first-order chi connectivity index (χ1) is 7.70. The van der Waals surface area contributed by atoms with Gasteiger partial charge in [-0.25, -0.2) is 4.98 Å². The molecule has 0 aromatic carbocycles. The summed E-state index contributed by atoms with van der Waals surface area (Å²) in [6.07, 6.45) is 2.85. The Morgan fingerprint density at radius 2 is 2.25 bits per heavy atom. The molecule has 0 bridgehead atoms. The van der Waals surface area contributed by atoms with Gasteiger partial charge >= 0.3 is 0 Å². The third-order valence-electron chi connectivity index (χ3n) is 2.74. The first kappa shape index (κ1) is 11.8. The molecule has 4 heteroatoms. The van der Waals surface area contributed by atoms with Crippen molar-refractivity contribution in [3.05, 3.63) is 38.0 Å². The van der Waals surface area contributed by atoms with Crippen LogP contribution in [0.1, 0.15) is 26.4 Å². The van der Waals surface area contributed by atoms with E-state index in [0.717, 1.165) is 6.42 Å². The van der Waals surface area contributed by atoms with E-state index in [1.807, 2.05) is 30.0 Å². The molecule has 16 heavy (non-hydrogen) atoms. The van der Waals surface area contributed by atoms with E-state index >= 15 is 0 Å². The maximum Gasteiger partial charge on any atom is 0.0944 e. The summed E-state index contributed by atoms with van der Waals surface area (Å²) in [5.41, 5.74) is 1.39. The Bertz CT molecular complexity index is 426. The fraction of sp³-hybridized carbons (Fsp3) is 0.417. The van der Waals surface area contributed by atoms with Crippen LogP contribution in [0.4, 0.5) is 0 Å². The van der Waals surface area contributed by atoms with Gasteiger partial charge in [-0.2, -0.15) is 0 Å². The van der Waals surface area contributed by atoms with Crippen molar-refractivity contribution in [1.29, 1.82) is 0 Å². The highest BCUT2D eigenvalue weighted by Gasteiger charge is 2.14. The zero-order chi connectivity index (χ0) is 11.5. The Hall–Kier alpha value is -0.710. The van der Waals surface area contributed by atoms with E-state index in [-0.39, 0.29) is 0 Å². The van der Waals surface area contributed by atoms with Crippen molar-refractivity contribution in [3.63, 3.8) is 0 Å². The zero-order valence-electron chi connectivity index (χ0n) is 9.78. The standard InChI is InChI=1S/C12H16N2S2/c1-8-6-11(16-9(8)2)10(13-3)7-12-14-4-5-15-12/h4-6,10,13H,7H2,1-3H3. The highest BCUT2D eigenvalue weighted by Crippen LogP contribution is 2.28. The molecule has 2 aromatic heterocycles. The fourth-order valence-electron chi connectivity index (χ4n) is 1.65. The highest BCUT2D eigenvalue weighted by molar-refractivity contribution is 7.12. The van der Waals surface area contributed by atoms with Gasteiger partial charge in [-0.15, -0.1) is 22.7 Å². The van der Waals surface area contributed by atoms with Gasteiger partial charge in [-0.3, -0.25) is 0 Å². The molecule has 1 N–H and O–H groups in total. The van der Waals surface area contributed by atoms with Gasteiger partial charge in [0, 0.05) is 33.8 Å². The van der Waals surface area contributed by atoms with Crippen LogP contribution in [0, 0.1) is 13.8 Å². The monoisotopic (exact) mass is 252 g/mol. The van der Waals surface area contributed by atoms with Gasteiger partial charge in [0.2, 0.25) is 0 Å². The topological polar surface area (TPSA) is 24.9 Å². The molecule has 86 valence electrons. The Labute approximate surface area is 104 Å². The predicted octanol–water partition coefficient (Wildman–Crippen LogP) is 3.32. The highest BCUT2D eigenvalue weighted by atomic mass is 32.1. The molecule has 0 amide bonds. The summed E-state index contributed by atoms with van der Waals surface area (Å²) in [7, 11) is 2.02. The van der Waals surface area contributed by atoms with Gasteiger partial charge in [0.05, 0.1) is 5.01 Å². The molecule has 0 aliphatic rings. The van der Waals surface area contributed by atoms with Crippen LogP contribution in [-0.2, 0) is 6.42 Å². The van der Waals surface area contributed by atoms with Gasteiger partial charge in [0.25, 0.3) is 0 Å². The second-order valence-electron chi connectivity index (χ2n) is 3.86. The normalized spacial score (nSPS) is 12.9. The average molecular weight is 252 g/mol. The van der Waals surface area contributed by atoms with Crippen LogP contribution in [0.15, 0.2) is 17.6 Å². The molecule has 0 saturated carbocycles. The van der Waals surface area contributed by atoms with Crippen LogP contribution in [0.5, 0.6) is 0 Å². The molecule has 1 unspecified atom stereocenters. The van der Waals surface area contributed by atoms with Crippen molar-refractivity contribution >= 4 is 22.7 Å². The van der Waals surface area contributed by atoms with Gasteiger partial charge in [0.15, 0.2) is 0 Å². The minimum atomic E-state index is 0.392. The lowest BCUT2D eigenvalue weighted by Crippen LogP contribution is -2.17. The van der Waals surface area contributed by atoms with E-state index in [9.17, 15) is 0 Å². The number of thiophene rings is 1. The number of hydrogen-bond acceptors (Lipinski definition) is 4. The largest absolute Gasteiger partial charge is 0.312 e. The maximum atomic E-state index is 4.34. The summed E-state index contributed by atoms with van der Waals surface area (Å²) >= 11 is 3.61. The summed E-state index contributed by atoms with van der Waals surface area (Å²) in [5.74, 6) is 0. The summed E-state index contributed by atoms with van der Waals surface area (Å²) in [4.78, 5) is 7.16. The second-order valence-corrected chi connectivity index (χ2v) is 6.13. The third-order valence-corrected chi connectivity index (χ3v) is 4.81. The number of nitrogens with one attached hydrogen (secondary N) is 1. The minimum Gasteiger partial charge on any atom is -0.312 e. The number of likely N-dealkylation sites (N-methyl/N-ethyl adjacent to an activating group) is 1. The molecule has 0 fully saturated rings. The van der Waals surface area contributed by atoms with Gasteiger partial charge in [0.1, 0.15) is 0 Å². The van der Waals surface area contributed by atoms with Crippen LogP contribution in [0.2, 0.25) is 0 Å². The second kappa shape index (κ2) is 5.08. The number of rotatable bonds is 4. The van der Waals surface area contributed by atoms with Crippen LogP contribution in [0.25, 0.3) is 0 Å². The number of hydrogen-bond donors (Lipinski definition) is 1. The first-order valence-corrected chi connectivity index (χ1v) is 7.03. The van der Waals surface area contributed by atoms with Crippen molar-refractivity contribution in [1.82, 2.24) is 10.3 Å². The maximum absolute atomic E-state index is 4.34. The Morgan fingerprint density at radius 1 is 1.44 bits per heavy atom. The Kier molecular flexibility index (Phi) is 3.74. The first-order valence-electron chi connectivity index (χ1n) is 5.33. The van der Waals surface area contributed by atoms with Gasteiger partial charge < -0.3 is 5.32 Å². The van der Waals surface area contributed by atoms with Gasteiger partial charge in [-0.1, -0.05) is 0 Å². The van der Waals surface area contributed by atoms with E-state index in [0.29, 0.717) is 6.04 Å². The summed E-state index contributed by atoms with van der Waals surface area (Å²) in [5, 5.41) is 6.61. The van der Waals surface area contributed by atoms with Crippen molar-refractivity contribution in [2.75, 3.05) is 7.05 Å². The van der Waals surface area contributed by atoms with Crippen LogP contribution < -0.4 is 5.32 Å². The van der Waals surface area contributed by atoms with Crippen molar-refractivity contribution < 1.29 is 0 Å². The number of aryl methyl sites for hydroxylation is 2. The van der Waals surface area contributed by atoms with Gasteiger partial charge in [-0.05, 0) is 32.5 Å². The molecule has 0 aliphatic heterocycles. The van der Waals surface area contributed by atoms with E-state index in [2.05, 4.69) is 30.2 Å². The van der Waals surface area contributed by atoms with E-state index in [1.54, 1.807) is 11.3 Å². The molecule has 2 aromatic rings. The lowest BCUT2D eigenvalue weighted by Gasteiger charge is -2.12. The molecule has 0 saturated heterocycles. The Balaban J connectivity index is 2.16. The van der Waals surface area contributed by atoms with E-state index in [1.165, 1.54) is 20.3 Å². The number of aromatic nitrogens is 1. The van der Waals surface area contributed by atoms with Crippen LogP contribution >= 0.6 is 22.7 Å². The molecule has 2 rings (SSSR count). The summed E-state index contributed by atoms with van der Waals surface area (Å²) in [6, 6.07) is 2.68. The molecule has 0 aliphatic carbocycles. The smallest absolute Gasteiger partial charge is 0.0944 e. The molecule has 0 spiro atoms. The van der Waals surface area contributed by atoms with Crippen LogP contribution in [-0.4, -0.2) is 12.0 Å². The minimum absolute atomic E-state index is 0.392. The third kappa shape index (κ3) is 2.51. The quantitative estimate of drug-likeness (QED) is 0.903. The lowest BCUT2D eigenvalue weighted by molar-refractivity contribution is 0.600. The molecule has 2 heterocycles. The Morgan fingerprint density at radius 3 is 2.75 bits per heavy atom. The van der Waals surface area contributed by atoms with E-state index < -0.39 is 0 Å². The van der Waals surface area contributed by atoms with Crippen molar-refractivity contribution in [2.24, 2.45) is 0 Å². The number of nitrogens with zero attached hydrogens (tertiary/aromatic N) is 1. The van der Waals surface area contributed by atoms with Crippen molar-refractivity contribution in [3.8, 4) is 0 Å². The predicted molar refractivity (Wildman–Crippen MR) is 71.4 cm³/mol. The van der Waals surface area contributed by atoms with Crippen molar-refractivity contribution in [2.45, 2.75) is 26.3 Å². The molecule has 0 radical (unpaired) electrons. The average Bonchev–Trinajstić information content (AvgIpc) is 2.86. The zero-order valence-corrected chi connectivity index (χ0v) is 11.4. The molecular formula is C12H16N2S2. The molecular weight excluding hydrogens is 236 g/mol. The fourth-order valence-corrected chi connectivity index (χ4v) is 3.46. The molecule has 2 nitrogen and oxygen atoms in total. The van der Waals surface area contributed by atoms with E-state index in [4.69, 9.17) is 0 Å². The number of thiazole rings is 1. The summed E-state index contributed by atoms with van der Waals surface area (Å²) in [6.45, 7) is 4.35.